The van der Waals surface area contributed by atoms with Gasteiger partial charge < -0.3 is 16.0 Å². The minimum atomic E-state index is 0.447. The molecule has 110 valence electrons. The van der Waals surface area contributed by atoms with Gasteiger partial charge in [-0.1, -0.05) is 30.3 Å². The number of guanidine groups is 1. The first-order valence-corrected chi connectivity index (χ1v) is 7.11. The molecule has 0 fully saturated rings. The molecule has 0 unspecified atom stereocenters. The average molecular weight is 282 g/mol. The topological polar surface area (TPSA) is 53.6 Å². The maximum atomic E-state index is 5.74. The highest BCUT2D eigenvalue weighted by atomic mass is 15.1. The van der Waals surface area contributed by atoms with Crippen molar-refractivity contribution in [3.8, 4) is 0 Å². The van der Waals surface area contributed by atoms with Crippen LogP contribution in [0, 0.1) is 0 Å². The number of benzene rings is 2. The lowest BCUT2D eigenvalue weighted by molar-refractivity contribution is 0.923. The van der Waals surface area contributed by atoms with Gasteiger partial charge in [-0.3, -0.25) is 4.99 Å². The van der Waals surface area contributed by atoms with Crippen molar-refractivity contribution in [3.63, 3.8) is 0 Å². The molecule has 4 heteroatoms. The van der Waals surface area contributed by atoms with Crippen molar-refractivity contribution in [2.45, 2.75) is 13.5 Å². The third kappa shape index (κ3) is 4.53. The molecule has 0 aliphatic carbocycles. The normalized spacial score (nSPS) is 11.2. The Labute approximate surface area is 126 Å². The fourth-order valence-electron chi connectivity index (χ4n) is 2.11. The van der Waals surface area contributed by atoms with E-state index < -0.39 is 0 Å². The number of anilines is 2. The van der Waals surface area contributed by atoms with Gasteiger partial charge in [-0.2, -0.15) is 0 Å². The monoisotopic (exact) mass is 282 g/mol. The summed E-state index contributed by atoms with van der Waals surface area (Å²) < 4.78 is 0. The number of aliphatic imine (C=N–C) groups is 1. The Kier molecular flexibility index (Phi) is 5.21. The predicted octanol–water partition coefficient (Wildman–Crippen LogP) is 3.07. The minimum Gasteiger partial charge on any atom is -0.370 e. The predicted molar refractivity (Wildman–Crippen MR) is 90.8 cm³/mol. The molecule has 0 spiro atoms. The second-order valence-electron chi connectivity index (χ2n) is 4.87. The van der Waals surface area contributed by atoms with Gasteiger partial charge in [0.05, 0.1) is 0 Å². The van der Waals surface area contributed by atoms with Crippen molar-refractivity contribution in [2.75, 3.05) is 23.8 Å². The van der Waals surface area contributed by atoms with Crippen LogP contribution >= 0.6 is 0 Å². The van der Waals surface area contributed by atoms with E-state index in [0.29, 0.717) is 12.5 Å². The van der Waals surface area contributed by atoms with Crippen LogP contribution in [0.25, 0.3) is 0 Å². The van der Waals surface area contributed by atoms with Gasteiger partial charge in [0.1, 0.15) is 0 Å². The molecule has 0 heterocycles. The molecule has 2 rings (SSSR count). The van der Waals surface area contributed by atoms with E-state index >= 15 is 0 Å². The molecule has 4 nitrogen and oxygen atoms in total. The molecular weight excluding hydrogens is 260 g/mol. The highest BCUT2D eigenvalue weighted by Crippen LogP contribution is 2.18. The van der Waals surface area contributed by atoms with E-state index in [4.69, 9.17) is 5.73 Å². The van der Waals surface area contributed by atoms with E-state index in [1.807, 2.05) is 25.1 Å². The Balaban J connectivity index is 2.00. The van der Waals surface area contributed by atoms with Gasteiger partial charge in [0.2, 0.25) is 0 Å². The van der Waals surface area contributed by atoms with Gasteiger partial charge in [-0.15, -0.1) is 0 Å². The molecular formula is C17H22N4. The zero-order valence-corrected chi connectivity index (χ0v) is 12.6. The van der Waals surface area contributed by atoms with Crippen LogP contribution in [0.2, 0.25) is 0 Å². The average Bonchev–Trinajstić information content (AvgIpc) is 2.49. The summed E-state index contributed by atoms with van der Waals surface area (Å²) in [5.74, 6) is 0.447. The standard InChI is InChI=1S/C17H22N4/c1-3-19-17(18)20-15-9-11-16(12-10-15)21(2)13-14-7-5-4-6-8-14/h4-12H,3,13H2,1-2H3,(H3,18,19,20). The van der Waals surface area contributed by atoms with Crippen molar-refractivity contribution < 1.29 is 0 Å². The van der Waals surface area contributed by atoms with Crippen LogP contribution in [0.15, 0.2) is 59.6 Å². The summed E-state index contributed by atoms with van der Waals surface area (Å²) in [7, 11) is 2.09. The first-order chi connectivity index (χ1) is 10.2. The quantitative estimate of drug-likeness (QED) is 0.654. The fraction of sp³-hybridized carbons (Fsp3) is 0.235. The molecule has 0 radical (unpaired) electrons. The summed E-state index contributed by atoms with van der Waals surface area (Å²) in [6.45, 7) is 3.51. The molecule has 0 saturated heterocycles. The molecule has 0 aliphatic heterocycles. The maximum absolute atomic E-state index is 5.74. The van der Waals surface area contributed by atoms with Crippen LogP contribution < -0.4 is 16.0 Å². The first-order valence-electron chi connectivity index (χ1n) is 7.11. The van der Waals surface area contributed by atoms with Crippen LogP contribution in [0.5, 0.6) is 0 Å². The lowest BCUT2D eigenvalue weighted by Gasteiger charge is -2.20. The van der Waals surface area contributed by atoms with Gasteiger partial charge in [0.25, 0.3) is 0 Å². The molecule has 0 amide bonds. The summed E-state index contributed by atoms with van der Waals surface area (Å²) in [6.07, 6.45) is 0. The lowest BCUT2D eigenvalue weighted by Crippen LogP contribution is -2.22. The molecule has 2 aromatic carbocycles. The number of nitrogens with two attached hydrogens (primary N) is 1. The molecule has 2 aromatic rings. The van der Waals surface area contributed by atoms with Gasteiger partial charge in [0, 0.05) is 31.5 Å². The van der Waals surface area contributed by atoms with E-state index in [-0.39, 0.29) is 0 Å². The third-order valence-electron chi connectivity index (χ3n) is 3.17. The van der Waals surface area contributed by atoms with Crippen LogP contribution in [0.3, 0.4) is 0 Å². The Bertz CT molecular complexity index is 575. The molecule has 0 atom stereocenters. The van der Waals surface area contributed by atoms with Crippen LogP contribution in [-0.2, 0) is 6.54 Å². The summed E-state index contributed by atoms with van der Waals surface area (Å²) in [4.78, 5) is 6.32. The highest BCUT2D eigenvalue weighted by Gasteiger charge is 2.02. The number of nitrogens with zero attached hydrogens (tertiary/aromatic N) is 2. The number of hydrogen-bond acceptors (Lipinski definition) is 2. The first kappa shape index (κ1) is 14.9. The van der Waals surface area contributed by atoms with E-state index in [2.05, 4.69) is 58.7 Å². The van der Waals surface area contributed by atoms with Crippen molar-refractivity contribution >= 4 is 17.3 Å². The summed E-state index contributed by atoms with van der Waals surface area (Å²) in [5.41, 5.74) is 9.15. The van der Waals surface area contributed by atoms with Crippen LogP contribution in [-0.4, -0.2) is 19.6 Å². The van der Waals surface area contributed by atoms with Crippen LogP contribution in [0.4, 0.5) is 11.4 Å². The van der Waals surface area contributed by atoms with Crippen molar-refractivity contribution in [3.05, 3.63) is 60.2 Å². The molecule has 0 aliphatic rings. The Morgan fingerprint density at radius 3 is 2.38 bits per heavy atom. The Hall–Kier alpha value is -2.49. The van der Waals surface area contributed by atoms with E-state index in [0.717, 1.165) is 17.9 Å². The van der Waals surface area contributed by atoms with E-state index in [1.165, 1.54) is 5.56 Å². The second kappa shape index (κ2) is 7.33. The Morgan fingerprint density at radius 1 is 1.10 bits per heavy atom. The molecule has 0 saturated carbocycles. The third-order valence-corrected chi connectivity index (χ3v) is 3.17. The van der Waals surface area contributed by atoms with Gasteiger partial charge >= 0.3 is 0 Å². The number of nitrogens with one attached hydrogen (secondary N) is 1. The van der Waals surface area contributed by atoms with Crippen molar-refractivity contribution in [1.82, 2.24) is 0 Å². The minimum absolute atomic E-state index is 0.447. The number of rotatable bonds is 5. The molecule has 0 aromatic heterocycles. The smallest absolute Gasteiger partial charge is 0.193 e. The van der Waals surface area contributed by atoms with Crippen LogP contribution in [0.1, 0.15) is 12.5 Å². The van der Waals surface area contributed by atoms with E-state index in [9.17, 15) is 0 Å². The second-order valence-corrected chi connectivity index (χ2v) is 4.87. The fourth-order valence-corrected chi connectivity index (χ4v) is 2.11. The largest absolute Gasteiger partial charge is 0.370 e. The van der Waals surface area contributed by atoms with Gasteiger partial charge in [0.15, 0.2) is 5.96 Å². The van der Waals surface area contributed by atoms with Gasteiger partial charge in [-0.25, -0.2) is 0 Å². The summed E-state index contributed by atoms with van der Waals surface area (Å²) in [6, 6.07) is 18.6. The van der Waals surface area contributed by atoms with Crippen molar-refractivity contribution in [1.29, 1.82) is 0 Å². The zero-order valence-electron chi connectivity index (χ0n) is 12.6. The number of hydrogen-bond donors (Lipinski definition) is 2. The summed E-state index contributed by atoms with van der Waals surface area (Å²) >= 11 is 0. The lowest BCUT2D eigenvalue weighted by atomic mass is 10.2. The Morgan fingerprint density at radius 2 is 1.76 bits per heavy atom. The van der Waals surface area contributed by atoms with Gasteiger partial charge in [-0.05, 0) is 36.8 Å². The maximum Gasteiger partial charge on any atom is 0.193 e. The molecule has 3 N–H and O–H groups in total. The van der Waals surface area contributed by atoms with E-state index in [1.54, 1.807) is 0 Å². The molecule has 0 bridgehead atoms. The van der Waals surface area contributed by atoms with Crippen molar-refractivity contribution in [2.24, 2.45) is 10.7 Å². The molecule has 21 heavy (non-hydrogen) atoms. The summed E-state index contributed by atoms with van der Waals surface area (Å²) in [5, 5.41) is 3.07. The SMILES string of the molecule is CCN=C(N)Nc1ccc(N(C)Cc2ccccc2)cc1. The highest BCUT2D eigenvalue weighted by molar-refractivity contribution is 5.92. The zero-order chi connectivity index (χ0) is 15.1.